The van der Waals surface area contributed by atoms with Crippen LogP contribution in [0.3, 0.4) is 0 Å². The summed E-state index contributed by atoms with van der Waals surface area (Å²) in [6.07, 6.45) is 4.39. The van der Waals surface area contributed by atoms with E-state index >= 15 is 0 Å². The van der Waals surface area contributed by atoms with Crippen molar-refractivity contribution in [3.63, 3.8) is 0 Å². The third kappa shape index (κ3) is 2.34. The number of halogens is 1. The molecule has 4 nitrogen and oxygen atoms in total. The Hall–Kier alpha value is -1.72. The maximum absolute atomic E-state index is 12.8. The third-order valence-electron chi connectivity index (χ3n) is 4.07. The fraction of sp³-hybridized carbons (Fsp3) is 0.312. The van der Waals surface area contributed by atoms with Gasteiger partial charge in [0, 0.05) is 9.90 Å². The van der Waals surface area contributed by atoms with E-state index in [1.807, 2.05) is 24.3 Å². The second kappa shape index (κ2) is 5.48. The Morgan fingerprint density at radius 2 is 2.14 bits per heavy atom. The molecule has 0 aliphatic heterocycles. The summed E-state index contributed by atoms with van der Waals surface area (Å²) in [6, 6.07) is 7.48. The molecule has 2 aromatic heterocycles. The largest absolute Gasteiger partial charge is 0.279 e. The van der Waals surface area contributed by atoms with Crippen LogP contribution in [0, 0.1) is 0 Å². The van der Waals surface area contributed by atoms with Crippen molar-refractivity contribution >= 4 is 33.2 Å². The van der Waals surface area contributed by atoms with Crippen LogP contribution >= 0.6 is 22.9 Å². The predicted octanol–water partition coefficient (Wildman–Crippen LogP) is 3.43. The van der Waals surface area contributed by atoms with E-state index in [9.17, 15) is 4.79 Å². The maximum Gasteiger partial charge on any atom is 0.279 e. The zero-order chi connectivity index (χ0) is 15.1. The Balaban J connectivity index is 1.82. The van der Waals surface area contributed by atoms with Crippen molar-refractivity contribution in [1.82, 2.24) is 15.0 Å². The molecule has 0 unspecified atom stereocenters. The SMILES string of the molecule is O=c1c2c3c(sc2nnn1Cc1cccc(Cl)c1)CCCC3. The normalized spacial score (nSPS) is 14.2. The van der Waals surface area contributed by atoms with Gasteiger partial charge < -0.3 is 0 Å². The minimum atomic E-state index is -0.0376. The fourth-order valence-electron chi connectivity index (χ4n) is 3.02. The van der Waals surface area contributed by atoms with Crippen molar-refractivity contribution in [2.24, 2.45) is 0 Å². The lowest BCUT2D eigenvalue weighted by atomic mass is 9.97. The summed E-state index contributed by atoms with van der Waals surface area (Å²) < 4.78 is 1.44. The minimum Gasteiger partial charge on any atom is -0.267 e. The fourth-order valence-corrected chi connectivity index (χ4v) is 4.43. The summed E-state index contributed by atoms with van der Waals surface area (Å²) in [5.74, 6) is 0. The molecule has 0 saturated carbocycles. The van der Waals surface area contributed by atoms with E-state index in [1.54, 1.807) is 11.3 Å². The highest BCUT2D eigenvalue weighted by atomic mass is 35.5. The van der Waals surface area contributed by atoms with Gasteiger partial charge in [0.25, 0.3) is 5.56 Å². The van der Waals surface area contributed by atoms with Crippen LogP contribution in [0.1, 0.15) is 28.8 Å². The van der Waals surface area contributed by atoms with E-state index in [2.05, 4.69) is 10.3 Å². The topological polar surface area (TPSA) is 47.8 Å². The molecule has 0 saturated heterocycles. The van der Waals surface area contributed by atoms with Gasteiger partial charge in [-0.3, -0.25) is 4.79 Å². The molecule has 0 fully saturated rings. The van der Waals surface area contributed by atoms with Crippen LogP contribution in [-0.4, -0.2) is 15.0 Å². The van der Waals surface area contributed by atoms with Gasteiger partial charge in [0.15, 0.2) is 4.83 Å². The second-order valence-electron chi connectivity index (χ2n) is 5.57. The lowest BCUT2D eigenvalue weighted by Crippen LogP contribution is -2.25. The summed E-state index contributed by atoms with van der Waals surface area (Å²) in [4.78, 5) is 14.9. The second-order valence-corrected chi connectivity index (χ2v) is 7.09. The summed E-state index contributed by atoms with van der Waals surface area (Å²) >= 11 is 7.62. The van der Waals surface area contributed by atoms with E-state index < -0.39 is 0 Å². The number of benzene rings is 1. The van der Waals surface area contributed by atoms with Crippen molar-refractivity contribution in [3.05, 3.63) is 55.6 Å². The first kappa shape index (κ1) is 13.9. The molecule has 4 rings (SSSR count). The molecule has 0 radical (unpaired) electrons. The Kier molecular flexibility index (Phi) is 3.47. The van der Waals surface area contributed by atoms with Crippen LogP contribution < -0.4 is 5.56 Å². The number of aryl methyl sites for hydroxylation is 2. The van der Waals surface area contributed by atoms with E-state index in [1.165, 1.54) is 21.5 Å². The van der Waals surface area contributed by atoms with Crippen molar-refractivity contribution in [2.75, 3.05) is 0 Å². The first-order valence-electron chi connectivity index (χ1n) is 7.35. The molecule has 0 atom stereocenters. The zero-order valence-electron chi connectivity index (χ0n) is 11.9. The highest BCUT2D eigenvalue weighted by molar-refractivity contribution is 7.18. The molecule has 0 spiro atoms. The number of rotatable bonds is 2. The molecule has 6 heteroatoms. The molecular weight excluding hydrogens is 318 g/mol. The Morgan fingerprint density at radius 3 is 3.00 bits per heavy atom. The zero-order valence-corrected chi connectivity index (χ0v) is 13.5. The predicted molar refractivity (Wildman–Crippen MR) is 88.9 cm³/mol. The lowest BCUT2D eigenvalue weighted by Gasteiger charge is -2.10. The van der Waals surface area contributed by atoms with E-state index in [-0.39, 0.29) is 5.56 Å². The Bertz CT molecular complexity index is 915. The standard InChI is InChI=1S/C16H14ClN3OS/c17-11-5-3-4-10(8-11)9-20-16(21)14-12-6-1-2-7-13(12)22-15(14)18-19-20/h3-5,8H,1-2,6-7,9H2. The molecule has 0 N–H and O–H groups in total. The average molecular weight is 332 g/mol. The van der Waals surface area contributed by atoms with Gasteiger partial charge in [-0.25, -0.2) is 4.68 Å². The van der Waals surface area contributed by atoms with Crippen LogP contribution in [0.5, 0.6) is 0 Å². The summed E-state index contributed by atoms with van der Waals surface area (Å²) in [5, 5.41) is 9.79. The van der Waals surface area contributed by atoms with E-state index in [0.717, 1.165) is 35.0 Å². The van der Waals surface area contributed by atoms with Crippen molar-refractivity contribution in [1.29, 1.82) is 0 Å². The highest BCUT2D eigenvalue weighted by Crippen LogP contribution is 2.33. The molecule has 22 heavy (non-hydrogen) atoms. The molecule has 3 aromatic rings. The van der Waals surface area contributed by atoms with Crippen molar-refractivity contribution < 1.29 is 0 Å². The van der Waals surface area contributed by atoms with Crippen LogP contribution in [-0.2, 0) is 19.4 Å². The smallest absolute Gasteiger partial charge is 0.267 e. The van der Waals surface area contributed by atoms with Gasteiger partial charge in [0.1, 0.15) is 0 Å². The number of hydrogen-bond acceptors (Lipinski definition) is 4. The Morgan fingerprint density at radius 1 is 1.27 bits per heavy atom. The van der Waals surface area contributed by atoms with Crippen LogP contribution in [0.4, 0.5) is 0 Å². The van der Waals surface area contributed by atoms with Gasteiger partial charge in [0.2, 0.25) is 0 Å². The maximum atomic E-state index is 12.8. The monoisotopic (exact) mass is 331 g/mol. The summed E-state index contributed by atoms with van der Waals surface area (Å²) in [6.45, 7) is 0.396. The van der Waals surface area contributed by atoms with Gasteiger partial charge in [0.05, 0.1) is 11.9 Å². The number of thiophene rings is 1. The van der Waals surface area contributed by atoms with Gasteiger partial charge >= 0.3 is 0 Å². The molecule has 112 valence electrons. The van der Waals surface area contributed by atoms with Gasteiger partial charge in [-0.1, -0.05) is 28.9 Å². The summed E-state index contributed by atoms with van der Waals surface area (Å²) in [5.41, 5.74) is 2.11. The van der Waals surface area contributed by atoms with Crippen LogP contribution in [0.25, 0.3) is 10.2 Å². The molecule has 2 heterocycles. The molecule has 1 aliphatic rings. The van der Waals surface area contributed by atoms with Crippen LogP contribution in [0.2, 0.25) is 5.02 Å². The van der Waals surface area contributed by atoms with Gasteiger partial charge in [-0.05, 0) is 48.9 Å². The number of fused-ring (bicyclic) bond motifs is 3. The average Bonchev–Trinajstić information content (AvgIpc) is 2.89. The Labute approximate surface area is 136 Å². The summed E-state index contributed by atoms with van der Waals surface area (Å²) in [7, 11) is 0. The molecule has 1 aliphatic carbocycles. The minimum absolute atomic E-state index is 0.0376. The molecule has 0 amide bonds. The van der Waals surface area contributed by atoms with Crippen molar-refractivity contribution in [3.8, 4) is 0 Å². The van der Waals surface area contributed by atoms with E-state index in [0.29, 0.717) is 11.6 Å². The number of hydrogen-bond donors (Lipinski definition) is 0. The first-order valence-corrected chi connectivity index (χ1v) is 8.54. The number of nitrogens with zero attached hydrogens (tertiary/aromatic N) is 3. The molecular formula is C16H14ClN3OS. The highest BCUT2D eigenvalue weighted by Gasteiger charge is 2.20. The lowest BCUT2D eigenvalue weighted by molar-refractivity contribution is 0.601. The van der Waals surface area contributed by atoms with E-state index in [4.69, 9.17) is 11.6 Å². The molecule has 1 aromatic carbocycles. The van der Waals surface area contributed by atoms with Gasteiger partial charge in [-0.15, -0.1) is 16.4 Å². The molecule has 0 bridgehead atoms. The van der Waals surface area contributed by atoms with Crippen LogP contribution in [0.15, 0.2) is 29.1 Å². The van der Waals surface area contributed by atoms with Gasteiger partial charge in [-0.2, -0.15) is 0 Å². The quantitative estimate of drug-likeness (QED) is 0.722. The third-order valence-corrected chi connectivity index (χ3v) is 5.48. The first-order chi connectivity index (χ1) is 10.7. The number of aromatic nitrogens is 3. The van der Waals surface area contributed by atoms with Crippen molar-refractivity contribution in [2.45, 2.75) is 32.2 Å².